The average Bonchev–Trinajstić information content (AvgIpc) is 3.18. The normalized spacial score (nSPS) is 19.6. The number of amides is 2. The lowest BCUT2D eigenvalue weighted by Gasteiger charge is -2.37. The number of hydrogen-bond donors (Lipinski definition) is 1. The molecule has 27 heavy (non-hydrogen) atoms. The molecule has 1 aromatic heterocycles. The Morgan fingerprint density at radius 1 is 1.15 bits per heavy atom. The molecule has 2 aromatic rings. The predicted octanol–water partition coefficient (Wildman–Crippen LogP) is 3.02. The molecule has 3 heterocycles. The molecule has 1 N–H and O–H groups in total. The lowest BCUT2D eigenvalue weighted by Crippen LogP contribution is -2.53. The largest absolute Gasteiger partial charge is 0.491 e. The van der Waals surface area contributed by atoms with Crippen LogP contribution in [0.3, 0.4) is 0 Å². The highest BCUT2D eigenvalue weighted by Gasteiger charge is 2.32. The molecule has 0 radical (unpaired) electrons. The van der Waals surface area contributed by atoms with Crippen molar-refractivity contribution < 1.29 is 9.53 Å². The van der Waals surface area contributed by atoms with Crippen molar-refractivity contribution in [3.8, 4) is 5.75 Å². The van der Waals surface area contributed by atoms with Gasteiger partial charge in [0, 0.05) is 44.0 Å². The molecule has 4 rings (SSSR count). The van der Waals surface area contributed by atoms with Gasteiger partial charge in [0.25, 0.3) is 0 Å². The van der Waals surface area contributed by atoms with Crippen molar-refractivity contribution in [1.29, 1.82) is 0 Å². The summed E-state index contributed by atoms with van der Waals surface area (Å²) in [4.78, 5) is 21.5. The van der Waals surface area contributed by atoms with E-state index < -0.39 is 0 Å². The minimum atomic E-state index is -0.0395. The van der Waals surface area contributed by atoms with Crippen molar-refractivity contribution in [3.63, 3.8) is 0 Å². The smallest absolute Gasteiger partial charge is 0.322 e. The molecule has 1 atom stereocenters. The zero-order valence-corrected chi connectivity index (χ0v) is 15.5. The first kappa shape index (κ1) is 17.8. The van der Waals surface area contributed by atoms with Crippen molar-refractivity contribution >= 4 is 11.7 Å². The van der Waals surface area contributed by atoms with E-state index in [0.717, 1.165) is 37.4 Å². The first-order valence-corrected chi connectivity index (χ1v) is 9.71. The zero-order valence-electron chi connectivity index (χ0n) is 15.5. The molecule has 0 bridgehead atoms. The van der Waals surface area contributed by atoms with E-state index in [4.69, 9.17) is 4.74 Å². The summed E-state index contributed by atoms with van der Waals surface area (Å²) in [5.41, 5.74) is 1.71. The van der Waals surface area contributed by atoms with Gasteiger partial charge >= 0.3 is 6.03 Å². The van der Waals surface area contributed by atoms with Crippen LogP contribution in [0.15, 0.2) is 48.7 Å². The Balaban J connectivity index is 1.34. The number of rotatable bonds is 5. The molecule has 2 fully saturated rings. The maximum atomic E-state index is 12.7. The van der Waals surface area contributed by atoms with Gasteiger partial charge in [0.05, 0.1) is 12.3 Å². The van der Waals surface area contributed by atoms with Crippen LogP contribution in [0.5, 0.6) is 5.75 Å². The zero-order chi connectivity index (χ0) is 18.5. The molecule has 1 aromatic carbocycles. The van der Waals surface area contributed by atoms with E-state index in [1.807, 2.05) is 47.4 Å². The van der Waals surface area contributed by atoms with E-state index in [0.29, 0.717) is 18.4 Å². The summed E-state index contributed by atoms with van der Waals surface area (Å²) >= 11 is 0. The highest BCUT2D eigenvalue weighted by Crippen LogP contribution is 2.26. The summed E-state index contributed by atoms with van der Waals surface area (Å²) in [6.07, 6.45) is 4.95. The fourth-order valence-corrected chi connectivity index (χ4v) is 3.88. The maximum Gasteiger partial charge on any atom is 0.322 e. The van der Waals surface area contributed by atoms with E-state index in [1.165, 1.54) is 19.4 Å². The Kier molecular flexibility index (Phi) is 5.53. The van der Waals surface area contributed by atoms with Crippen LogP contribution in [0.4, 0.5) is 10.5 Å². The van der Waals surface area contributed by atoms with Gasteiger partial charge < -0.3 is 15.0 Å². The Morgan fingerprint density at radius 3 is 2.93 bits per heavy atom. The Hall–Kier alpha value is -2.60. The van der Waals surface area contributed by atoms with Crippen molar-refractivity contribution in [2.75, 3.05) is 38.1 Å². The number of anilines is 1. The number of nitrogens with zero attached hydrogens (tertiary/aromatic N) is 3. The monoisotopic (exact) mass is 366 g/mol. The number of nitrogens with one attached hydrogen (secondary N) is 1. The van der Waals surface area contributed by atoms with Crippen LogP contribution < -0.4 is 10.1 Å². The second-order valence-electron chi connectivity index (χ2n) is 7.12. The Bertz CT molecular complexity index is 768. The molecule has 2 aliphatic heterocycles. The molecule has 0 unspecified atom stereocenters. The number of para-hydroxylation sites is 2. The van der Waals surface area contributed by atoms with E-state index >= 15 is 0 Å². The van der Waals surface area contributed by atoms with Gasteiger partial charge in [-0.05, 0) is 43.7 Å². The van der Waals surface area contributed by atoms with Gasteiger partial charge in [-0.2, -0.15) is 0 Å². The number of benzene rings is 1. The molecule has 2 aliphatic rings. The highest BCUT2D eigenvalue weighted by molar-refractivity contribution is 5.91. The number of carbonyl (C=O) groups is 1. The molecule has 6 nitrogen and oxygen atoms in total. The van der Waals surface area contributed by atoms with Crippen LogP contribution in [0.2, 0.25) is 0 Å². The van der Waals surface area contributed by atoms with Crippen molar-refractivity contribution in [3.05, 3.63) is 54.4 Å². The molecule has 2 saturated heterocycles. The number of fused-ring (bicyclic) bond motifs is 1. The summed E-state index contributed by atoms with van der Waals surface area (Å²) in [7, 11) is 0. The molecule has 0 aliphatic carbocycles. The second-order valence-corrected chi connectivity index (χ2v) is 7.12. The van der Waals surface area contributed by atoms with Gasteiger partial charge in [0.1, 0.15) is 5.75 Å². The van der Waals surface area contributed by atoms with Gasteiger partial charge in [-0.15, -0.1) is 0 Å². The average molecular weight is 366 g/mol. The fourth-order valence-electron chi connectivity index (χ4n) is 3.88. The quantitative estimate of drug-likeness (QED) is 0.884. The number of carbonyl (C=O) groups excluding carboxylic acids is 1. The summed E-state index contributed by atoms with van der Waals surface area (Å²) in [5, 5.41) is 3.04. The fraction of sp³-hybridized carbons (Fsp3) is 0.429. The van der Waals surface area contributed by atoms with Gasteiger partial charge in [-0.1, -0.05) is 18.2 Å². The van der Waals surface area contributed by atoms with E-state index in [9.17, 15) is 4.79 Å². The minimum absolute atomic E-state index is 0.0395. The topological polar surface area (TPSA) is 57.7 Å². The molecular weight excluding hydrogens is 340 g/mol. The number of aromatic nitrogens is 1. The van der Waals surface area contributed by atoms with Crippen LogP contribution >= 0.6 is 0 Å². The van der Waals surface area contributed by atoms with Gasteiger partial charge in [-0.25, -0.2) is 4.79 Å². The molecule has 142 valence electrons. The Labute approximate surface area is 160 Å². The van der Waals surface area contributed by atoms with E-state index in [1.54, 1.807) is 6.20 Å². The first-order chi connectivity index (χ1) is 13.3. The van der Waals surface area contributed by atoms with Crippen molar-refractivity contribution in [1.82, 2.24) is 14.8 Å². The number of pyridine rings is 1. The number of hydrogen-bond acceptors (Lipinski definition) is 4. The van der Waals surface area contributed by atoms with Gasteiger partial charge in [0.2, 0.25) is 0 Å². The van der Waals surface area contributed by atoms with Crippen LogP contribution in [0, 0.1) is 0 Å². The van der Waals surface area contributed by atoms with Crippen LogP contribution in [0.25, 0.3) is 0 Å². The summed E-state index contributed by atoms with van der Waals surface area (Å²) < 4.78 is 5.92. The first-order valence-electron chi connectivity index (χ1n) is 9.71. The molecule has 0 saturated carbocycles. The van der Waals surface area contributed by atoms with Crippen LogP contribution in [0.1, 0.15) is 18.5 Å². The maximum absolute atomic E-state index is 12.7. The number of ether oxygens (including phenoxy) is 1. The standard InChI is InChI=1S/C21H26N4O2/c26-21(25-14-13-24-12-5-7-18(24)16-25)23-19-8-1-2-9-20(19)27-15-10-17-6-3-4-11-22-17/h1-4,6,8-9,11,18H,5,7,10,12-16H2,(H,23,26)/t18-/m0/s1. The number of piperazine rings is 1. The predicted molar refractivity (Wildman–Crippen MR) is 105 cm³/mol. The molecule has 2 amide bonds. The lowest BCUT2D eigenvalue weighted by molar-refractivity contribution is 0.124. The SMILES string of the molecule is O=C(Nc1ccccc1OCCc1ccccn1)N1CCN2CCC[C@H]2C1. The minimum Gasteiger partial charge on any atom is -0.491 e. The van der Waals surface area contributed by atoms with E-state index in [-0.39, 0.29) is 6.03 Å². The van der Waals surface area contributed by atoms with Crippen LogP contribution in [-0.4, -0.2) is 59.6 Å². The second kappa shape index (κ2) is 8.39. The number of urea groups is 1. The molecule has 6 heteroatoms. The lowest BCUT2D eigenvalue weighted by atomic mass is 10.1. The third-order valence-electron chi connectivity index (χ3n) is 5.35. The molecular formula is C21H26N4O2. The third kappa shape index (κ3) is 4.39. The van der Waals surface area contributed by atoms with Gasteiger partial charge in [0.15, 0.2) is 0 Å². The highest BCUT2D eigenvalue weighted by atomic mass is 16.5. The van der Waals surface area contributed by atoms with Crippen molar-refractivity contribution in [2.24, 2.45) is 0 Å². The van der Waals surface area contributed by atoms with E-state index in [2.05, 4.69) is 15.2 Å². The Morgan fingerprint density at radius 2 is 2.04 bits per heavy atom. The van der Waals surface area contributed by atoms with Crippen molar-refractivity contribution in [2.45, 2.75) is 25.3 Å². The summed E-state index contributed by atoms with van der Waals surface area (Å²) in [5.74, 6) is 0.696. The summed E-state index contributed by atoms with van der Waals surface area (Å²) in [6.45, 7) is 4.26. The van der Waals surface area contributed by atoms with Crippen LogP contribution in [-0.2, 0) is 6.42 Å². The van der Waals surface area contributed by atoms with Gasteiger partial charge in [-0.3, -0.25) is 9.88 Å². The summed E-state index contributed by atoms with van der Waals surface area (Å²) in [6, 6.07) is 14.0. The third-order valence-corrected chi connectivity index (χ3v) is 5.35. The molecule has 0 spiro atoms.